The SMILES string of the molecule is O=C(O)c1cc(Cc2cc(C(=O)O)c(C(=O)O)c(O)c2O)c(O)c(O)c1C(=O)O. The van der Waals surface area contributed by atoms with Crippen molar-refractivity contribution >= 4 is 23.9 Å². The lowest BCUT2D eigenvalue weighted by atomic mass is 9.93. The highest BCUT2D eigenvalue weighted by Crippen LogP contribution is 2.41. The minimum absolute atomic E-state index is 0.445. The third-order valence-electron chi connectivity index (χ3n) is 3.98. The molecule has 0 spiro atoms. The fourth-order valence-electron chi connectivity index (χ4n) is 2.67. The molecule has 0 saturated heterocycles. The standard InChI is InChI=1S/C17H12O12/c18-10-4(2-6(14(22)23)8(12(10)20)16(26)27)1-5-3-7(15(24)25)9(17(28)29)13(21)11(5)19/h2-3,18-21H,1H2,(H,22,23)(H,24,25)(H,26,27)(H,28,29). The van der Waals surface area contributed by atoms with E-state index in [2.05, 4.69) is 0 Å². The number of hydrogen-bond donors (Lipinski definition) is 8. The van der Waals surface area contributed by atoms with Crippen molar-refractivity contribution in [2.75, 3.05) is 0 Å². The molecule has 12 nitrogen and oxygen atoms in total. The van der Waals surface area contributed by atoms with Crippen molar-refractivity contribution in [3.63, 3.8) is 0 Å². The number of aromatic hydroxyl groups is 4. The summed E-state index contributed by atoms with van der Waals surface area (Å²) in [6.07, 6.45) is -0.695. The van der Waals surface area contributed by atoms with E-state index in [4.69, 9.17) is 20.4 Å². The molecule has 0 fully saturated rings. The normalized spacial score (nSPS) is 10.5. The number of aromatic carboxylic acids is 4. The van der Waals surface area contributed by atoms with E-state index in [1.165, 1.54) is 0 Å². The van der Waals surface area contributed by atoms with Crippen LogP contribution in [0.15, 0.2) is 12.1 Å². The molecule has 12 heteroatoms. The molecule has 152 valence electrons. The van der Waals surface area contributed by atoms with Gasteiger partial charge in [0.25, 0.3) is 0 Å². The first-order chi connectivity index (χ1) is 13.4. The van der Waals surface area contributed by atoms with Crippen LogP contribution in [0.3, 0.4) is 0 Å². The molecule has 0 saturated carbocycles. The number of carboxylic acids is 4. The van der Waals surface area contributed by atoms with E-state index >= 15 is 0 Å². The van der Waals surface area contributed by atoms with Gasteiger partial charge in [0.15, 0.2) is 23.0 Å². The van der Waals surface area contributed by atoms with Crippen LogP contribution in [0.2, 0.25) is 0 Å². The monoisotopic (exact) mass is 408 g/mol. The Morgan fingerprint density at radius 1 is 0.552 bits per heavy atom. The number of phenols is 4. The van der Waals surface area contributed by atoms with Crippen LogP contribution in [0.1, 0.15) is 52.6 Å². The predicted octanol–water partition coefficient (Wildman–Crippen LogP) is 0.893. The highest BCUT2D eigenvalue weighted by atomic mass is 16.4. The van der Waals surface area contributed by atoms with E-state index < -0.39 is 86.7 Å². The number of rotatable bonds is 6. The second-order valence-corrected chi connectivity index (χ2v) is 5.71. The maximum absolute atomic E-state index is 11.3. The highest BCUT2D eigenvalue weighted by Gasteiger charge is 2.29. The molecule has 0 bridgehead atoms. The molecule has 0 aliphatic heterocycles. The minimum Gasteiger partial charge on any atom is -0.504 e. The number of benzene rings is 2. The van der Waals surface area contributed by atoms with Crippen LogP contribution in [-0.4, -0.2) is 64.7 Å². The van der Waals surface area contributed by atoms with Crippen LogP contribution in [0.5, 0.6) is 23.0 Å². The summed E-state index contributed by atoms with van der Waals surface area (Å²) in [7, 11) is 0. The number of carboxylic acid groups (broad SMARTS) is 4. The van der Waals surface area contributed by atoms with Crippen LogP contribution in [0.25, 0.3) is 0 Å². The minimum atomic E-state index is -1.85. The molecule has 2 aromatic rings. The molecule has 8 N–H and O–H groups in total. The van der Waals surface area contributed by atoms with Crippen LogP contribution in [0.4, 0.5) is 0 Å². The Balaban J connectivity index is 2.75. The molecule has 0 atom stereocenters. The Bertz CT molecular complexity index is 997. The Morgan fingerprint density at radius 3 is 1.10 bits per heavy atom. The molecule has 0 aliphatic rings. The molecule has 2 aromatic carbocycles. The maximum Gasteiger partial charge on any atom is 0.340 e. The summed E-state index contributed by atoms with van der Waals surface area (Å²) < 4.78 is 0. The first-order valence-electron chi connectivity index (χ1n) is 7.47. The fraction of sp³-hybridized carbons (Fsp3) is 0.0588. The number of carbonyl (C=O) groups is 4. The van der Waals surface area contributed by atoms with Gasteiger partial charge in [-0.1, -0.05) is 0 Å². The average molecular weight is 408 g/mol. The Hall–Kier alpha value is -4.48. The van der Waals surface area contributed by atoms with Gasteiger partial charge in [0.05, 0.1) is 11.1 Å². The quantitative estimate of drug-likeness (QED) is 0.311. The van der Waals surface area contributed by atoms with Gasteiger partial charge in [-0.25, -0.2) is 19.2 Å². The topological polar surface area (TPSA) is 230 Å². The number of hydrogen-bond acceptors (Lipinski definition) is 8. The van der Waals surface area contributed by atoms with Crippen molar-refractivity contribution < 1.29 is 60.0 Å². The van der Waals surface area contributed by atoms with Crippen molar-refractivity contribution in [1.82, 2.24) is 0 Å². The van der Waals surface area contributed by atoms with Gasteiger partial charge in [0.1, 0.15) is 11.1 Å². The smallest absolute Gasteiger partial charge is 0.340 e. The zero-order chi connectivity index (χ0) is 22.2. The van der Waals surface area contributed by atoms with Gasteiger partial charge in [0, 0.05) is 17.5 Å². The van der Waals surface area contributed by atoms with Crippen molar-refractivity contribution in [3.8, 4) is 23.0 Å². The fourth-order valence-corrected chi connectivity index (χ4v) is 2.67. The molecule has 0 unspecified atom stereocenters. The largest absolute Gasteiger partial charge is 0.504 e. The van der Waals surface area contributed by atoms with Crippen molar-refractivity contribution in [3.05, 3.63) is 45.5 Å². The lowest BCUT2D eigenvalue weighted by molar-refractivity contribution is 0.0647. The molecule has 0 aliphatic carbocycles. The van der Waals surface area contributed by atoms with Gasteiger partial charge in [-0.2, -0.15) is 0 Å². The summed E-state index contributed by atoms with van der Waals surface area (Å²) in [4.78, 5) is 44.9. The molecule has 2 rings (SSSR count). The predicted molar refractivity (Wildman–Crippen MR) is 90.2 cm³/mol. The van der Waals surface area contributed by atoms with E-state index in [9.17, 15) is 39.6 Å². The molecule has 0 aromatic heterocycles. The van der Waals surface area contributed by atoms with E-state index in [1.807, 2.05) is 0 Å². The summed E-state index contributed by atoms with van der Waals surface area (Å²) in [6.45, 7) is 0. The van der Waals surface area contributed by atoms with E-state index in [0.29, 0.717) is 12.1 Å². The second kappa shape index (κ2) is 7.26. The van der Waals surface area contributed by atoms with Crippen molar-refractivity contribution in [2.24, 2.45) is 0 Å². The third-order valence-corrected chi connectivity index (χ3v) is 3.98. The van der Waals surface area contributed by atoms with Crippen LogP contribution in [0, 0.1) is 0 Å². The van der Waals surface area contributed by atoms with Crippen molar-refractivity contribution in [2.45, 2.75) is 6.42 Å². The molecular weight excluding hydrogens is 396 g/mol. The zero-order valence-corrected chi connectivity index (χ0v) is 14.1. The molecule has 0 amide bonds. The summed E-state index contributed by atoms with van der Waals surface area (Å²) in [5.41, 5.74) is -4.91. The Morgan fingerprint density at radius 2 is 0.862 bits per heavy atom. The van der Waals surface area contributed by atoms with Crippen LogP contribution in [-0.2, 0) is 6.42 Å². The third kappa shape index (κ3) is 3.53. The van der Waals surface area contributed by atoms with Crippen LogP contribution >= 0.6 is 0 Å². The van der Waals surface area contributed by atoms with Gasteiger partial charge >= 0.3 is 23.9 Å². The highest BCUT2D eigenvalue weighted by molar-refractivity contribution is 6.05. The first kappa shape index (κ1) is 20.8. The summed E-state index contributed by atoms with van der Waals surface area (Å²) in [5, 5.41) is 76.1. The second-order valence-electron chi connectivity index (χ2n) is 5.71. The Labute approximate surface area is 159 Å². The zero-order valence-electron chi connectivity index (χ0n) is 14.1. The Kier molecular flexibility index (Phi) is 5.22. The van der Waals surface area contributed by atoms with Gasteiger partial charge in [-0.15, -0.1) is 0 Å². The maximum atomic E-state index is 11.3. The average Bonchev–Trinajstić information content (AvgIpc) is 2.60. The molecule has 29 heavy (non-hydrogen) atoms. The number of phenolic OH excluding ortho intramolecular Hbond substituents is 2. The van der Waals surface area contributed by atoms with Gasteiger partial charge < -0.3 is 40.9 Å². The van der Waals surface area contributed by atoms with Gasteiger partial charge in [-0.05, 0) is 12.1 Å². The first-order valence-corrected chi connectivity index (χ1v) is 7.47. The van der Waals surface area contributed by atoms with Crippen molar-refractivity contribution in [1.29, 1.82) is 0 Å². The van der Waals surface area contributed by atoms with E-state index in [0.717, 1.165) is 0 Å². The lowest BCUT2D eigenvalue weighted by Gasteiger charge is -2.14. The van der Waals surface area contributed by atoms with E-state index in [-0.39, 0.29) is 0 Å². The van der Waals surface area contributed by atoms with Gasteiger partial charge in [0.2, 0.25) is 0 Å². The lowest BCUT2D eigenvalue weighted by Crippen LogP contribution is -2.11. The van der Waals surface area contributed by atoms with Gasteiger partial charge in [-0.3, -0.25) is 0 Å². The summed E-state index contributed by atoms with van der Waals surface area (Å²) >= 11 is 0. The summed E-state index contributed by atoms with van der Waals surface area (Å²) in [6, 6.07) is 1.34. The van der Waals surface area contributed by atoms with Crippen LogP contribution < -0.4 is 0 Å². The molecular formula is C17H12O12. The molecule has 0 radical (unpaired) electrons. The molecule has 0 heterocycles. The summed E-state index contributed by atoms with van der Waals surface area (Å²) in [5.74, 6) is -11.9. The van der Waals surface area contributed by atoms with E-state index in [1.54, 1.807) is 0 Å².